The maximum absolute atomic E-state index is 3.69. The van der Waals surface area contributed by atoms with Gasteiger partial charge in [0, 0.05) is 16.6 Å². The second-order valence-electron chi connectivity index (χ2n) is 9.20. The molecule has 1 heteroatoms. The van der Waals surface area contributed by atoms with Crippen LogP contribution in [-0.4, -0.2) is 5.54 Å². The number of nitrogens with one attached hydrogen (secondary N) is 1. The lowest BCUT2D eigenvalue weighted by atomic mass is 9.73. The molecule has 0 amide bonds. The first-order valence-electron chi connectivity index (χ1n) is 10.6. The number of fused-ring (bicyclic) bond motifs is 1. The molecule has 0 radical (unpaired) electrons. The summed E-state index contributed by atoms with van der Waals surface area (Å²) in [5.74, 6) is 0. The third-order valence-corrected chi connectivity index (χ3v) is 5.47. The van der Waals surface area contributed by atoms with Crippen LogP contribution in [0, 0.1) is 0 Å². The SMILES string of the molecule is CCCCCCC(C)(CCC)c1ccc(NC(C)(C)C)c2ccccc12. The molecule has 0 aromatic heterocycles. The second kappa shape index (κ2) is 8.93. The van der Waals surface area contributed by atoms with Gasteiger partial charge in [-0.25, -0.2) is 0 Å². The fourth-order valence-corrected chi connectivity index (χ4v) is 4.23. The summed E-state index contributed by atoms with van der Waals surface area (Å²) in [7, 11) is 0. The molecule has 0 aliphatic heterocycles. The van der Waals surface area contributed by atoms with Crippen molar-refractivity contribution in [3.05, 3.63) is 42.0 Å². The second-order valence-corrected chi connectivity index (χ2v) is 9.20. The highest BCUT2D eigenvalue weighted by molar-refractivity contribution is 5.97. The van der Waals surface area contributed by atoms with E-state index in [1.165, 1.54) is 67.0 Å². The Bertz CT molecular complexity index is 695. The molecule has 1 atom stereocenters. The summed E-state index contributed by atoms with van der Waals surface area (Å²) < 4.78 is 0. The Morgan fingerprint density at radius 1 is 0.731 bits per heavy atom. The van der Waals surface area contributed by atoms with Crippen LogP contribution in [0.1, 0.15) is 92.1 Å². The van der Waals surface area contributed by atoms with Crippen molar-refractivity contribution >= 4 is 16.5 Å². The minimum atomic E-state index is 0.0666. The van der Waals surface area contributed by atoms with Gasteiger partial charge in [-0.05, 0) is 56.0 Å². The van der Waals surface area contributed by atoms with Crippen LogP contribution in [0.2, 0.25) is 0 Å². The van der Waals surface area contributed by atoms with Crippen molar-refractivity contribution in [1.29, 1.82) is 0 Å². The number of rotatable bonds is 9. The van der Waals surface area contributed by atoms with Crippen molar-refractivity contribution in [2.45, 2.75) is 97.4 Å². The summed E-state index contributed by atoms with van der Waals surface area (Å²) in [5.41, 5.74) is 3.12. The maximum atomic E-state index is 3.69. The summed E-state index contributed by atoms with van der Waals surface area (Å²) in [4.78, 5) is 0. The predicted molar refractivity (Wildman–Crippen MR) is 118 cm³/mol. The highest BCUT2D eigenvalue weighted by Crippen LogP contribution is 2.40. The molecule has 0 spiro atoms. The van der Waals surface area contributed by atoms with Gasteiger partial charge < -0.3 is 5.32 Å². The molecule has 0 saturated carbocycles. The molecule has 0 aliphatic carbocycles. The van der Waals surface area contributed by atoms with E-state index in [1.54, 1.807) is 0 Å². The molecule has 0 aliphatic rings. The monoisotopic (exact) mass is 353 g/mol. The zero-order valence-corrected chi connectivity index (χ0v) is 17.9. The molecule has 2 aromatic rings. The zero-order valence-electron chi connectivity index (χ0n) is 17.9. The fraction of sp³-hybridized carbons (Fsp3) is 0.600. The van der Waals surface area contributed by atoms with Crippen molar-refractivity contribution in [2.75, 3.05) is 5.32 Å². The average molecular weight is 354 g/mol. The number of hydrogen-bond donors (Lipinski definition) is 1. The molecule has 1 N–H and O–H groups in total. The van der Waals surface area contributed by atoms with E-state index in [9.17, 15) is 0 Å². The molecule has 2 rings (SSSR count). The molecule has 1 nitrogen and oxygen atoms in total. The van der Waals surface area contributed by atoms with Gasteiger partial charge in [-0.15, -0.1) is 0 Å². The molecule has 2 aromatic carbocycles. The molecule has 0 saturated heterocycles. The number of anilines is 1. The maximum Gasteiger partial charge on any atom is 0.0424 e. The Kier molecular flexibility index (Phi) is 7.15. The number of hydrogen-bond acceptors (Lipinski definition) is 1. The van der Waals surface area contributed by atoms with E-state index in [2.05, 4.69) is 83.3 Å². The van der Waals surface area contributed by atoms with Crippen LogP contribution in [0.5, 0.6) is 0 Å². The minimum Gasteiger partial charge on any atom is -0.380 e. The van der Waals surface area contributed by atoms with Crippen molar-refractivity contribution in [2.24, 2.45) is 0 Å². The third kappa shape index (κ3) is 5.25. The Labute approximate surface area is 161 Å². The summed E-state index contributed by atoms with van der Waals surface area (Å²) in [5, 5.41) is 6.48. The van der Waals surface area contributed by atoms with Gasteiger partial charge in [0.15, 0.2) is 0 Å². The van der Waals surface area contributed by atoms with E-state index in [0.29, 0.717) is 0 Å². The number of benzene rings is 2. The van der Waals surface area contributed by atoms with Gasteiger partial charge >= 0.3 is 0 Å². The lowest BCUT2D eigenvalue weighted by Gasteiger charge is -2.33. The van der Waals surface area contributed by atoms with Gasteiger partial charge in [0.25, 0.3) is 0 Å². The normalized spacial score (nSPS) is 14.4. The van der Waals surface area contributed by atoms with Crippen LogP contribution >= 0.6 is 0 Å². The topological polar surface area (TPSA) is 12.0 Å². The van der Waals surface area contributed by atoms with Gasteiger partial charge in [0.05, 0.1) is 0 Å². The van der Waals surface area contributed by atoms with E-state index in [1.807, 2.05) is 0 Å². The van der Waals surface area contributed by atoms with Gasteiger partial charge in [-0.2, -0.15) is 0 Å². The Hall–Kier alpha value is -1.50. The molecule has 0 heterocycles. The number of unbranched alkanes of at least 4 members (excludes halogenated alkanes) is 3. The highest BCUT2D eigenvalue weighted by atomic mass is 14.9. The van der Waals surface area contributed by atoms with Gasteiger partial charge in [0.1, 0.15) is 0 Å². The summed E-state index contributed by atoms with van der Waals surface area (Å²) >= 11 is 0. The quantitative estimate of drug-likeness (QED) is 0.449. The van der Waals surface area contributed by atoms with Crippen LogP contribution in [0.3, 0.4) is 0 Å². The predicted octanol–water partition coefficient (Wildman–Crippen LogP) is 8.08. The first kappa shape index (κ1) is 20.8. The third-order valence-electron chi connectivity index (χ3n) is 5.47. The lowest BCUT2D eigenvalue weighted by molar-refractivity contribution is 0.380. The average Bonchev–Trinajstić information content (AvgIpc) is 2.58. The highest BCUT2D eigenvalue weighted by Gasteiger charge is 2.27. The van der Waals surface area contributed by atoms with E-state index < -0.39 is 0 Å². The Morgan fingerprint density at radius 3 is 2.04 bits per heavy atom. The fourth-order valence-electron chi connectivity index (χ4n) is 4.23. The lowest BCUT2D eigenvalue weighted by Crippen LogP contribution is -2.27. The standard InChI is InChI=1S/C25H39N/c1-7-9-10-13-19-25(6,18-8-2)22-16-17-23(26-24(3,4)5)21-15-12-11-14-20(21)22/h11-12,14-17,26H,7-10,13,18-19H2,1-6H3. The molecule has 1 unspecified atom stereocenters. The summed E-state index contributed by atoms with van der Waals surface area (Å²) in [6, 6.07) is 13.7. The van der Waals surface area contributed by atoms with Crippen LogP contribution in [-0.2, 0) is 5.41 Å². The van der Waals surface area contributed by atoms with Crippen LogP contribution in [0.15, 0.2) is 36.4 Å². The first-order valence-corrected chi connectivity index (χ1v) is 10.6. The minimum absolute atomic E-state index is 0.0666. The van der Waals surface area contributed by atoms with Crippen LogP contribution in [0.4, 0.5) is 5.69 Å². The smallest absolute Gasteiger partial charge is 0.0424 e. The van der Waals surface area contributed by atoms with Crippen LogP contribution in [0.25, 0.3) is 10.8 Å². The van der Waals surface area contributed by atoms with Gasteiger partial charge in [-0.1, -0.05) is 83.2 Å². The van der Waals surface area contributed by atoms with Crippen LogP contribution < -0.4 is 5.32 Å². The Morgan fingerprint density at radius 2 is 1.42 bits per heavy atom. The van der Waals surface area contributed by atoms with E-state index in [4.69, 9.17) is 0 Å². The molecule has 0 bridgehead atoms. The Balaban J connectivity index is 2.44. The zero-order chi connectivity index (χ0) is 19.2. The first-order chi connectivity index (χ1) is 12.3. The summed E-state index contributed by atoms with van der Waals surface area (Å²) in [6.45, 7) is 13.8. The largest absolute Gasteiger partial charge is 0.380 e. The van der Waals surface area contributed by atoms with Crippen molar-refractivity contribution < 1.29 is 0 Å². The molecular formula is C25H39N. The van der Waals surface area contributed by atoms with Crippen molar-refractivity contribution in [1.82, 2.24) is 0 Å². The van der Waals surface area contributed by atoms with Crippen molar-refractivity contribution in [3.63, 3.8) is 0 Å². The van der Waals surface area contributed by atoms with Crippen molar-refractivity contribution in [3.8, 4) is 0 Å². The van der Waals surface area contributed by atoms with E-state index in [-0.39, 0.29) is 11.0 Å². The molecule has 0 fully saturated rings. The molecule has 144 valence electrons. The molecular weight excluding hydrogens is 314 g/mol. The molecule has 26 heavy (non-hydrogen) atoms. The summed E-state index contributed by atoms with van der Waals surface area (Å²) in [6.07, 6.45) is 9.14. The van der Waals surface area contributed by atoms with Gasteiger partial charge in [-0.3, -0.25) is 0 Å². The van der Waals surface area contributed by atoms with E-state index in [0.717, 1.165) is 0 Å². The van der Waals surface area contributed by atoms with E-state index >= 15 is 0 Å². The van der Waals surface area contributed by atoms with Gasteiger partial charge in [0.2, 0.25) is 0 Å².